The summed E-state index contributed by atoms with van der Waals surface area (Å²) in [7, 11) is 0. The fourth-order valence-corrected chi connectivity index (χ4v) is 3.53. The molecule has 108 valence electrons. The van der Waals surface area contributed by atoms with Gasteiger partial charge in [-0.3, -0.25) is 0 Å². The summed E-state index contributed by atoms with van der Waals surface area (Å²) in [5.74, 6) is 0. The first-order valence-electron chi connectivity index (χ1n) is 8.16. The second-order valence-corrected chi connectivity index (χ2v) is 8.77. The van der Waals surface area contributed by atoms with E-state index in [0.29, 0.717) is 16.2 Å². The van der Waals surface area contributed by atoms with Gasteiger partial charge in [-0.15, -0.1) is 0 Å². The summed E-state index contributed by atoms with van der Waals surface area (Å²) in [5.41, 5.74) is 1.65. The van der Waals surface area contributed by atoms with Crippen molar-refractivity contribution in [3.8, 4) is 0 Å². The zero-order chi connectivity index (χ0) is 13.9. The van der Waals surface area contributed by atoms with Crippen molar-refractivity contribution >= 4 is 0 Å². The first kappa shape index (κ1) is 16.1. The Morgan fingerprint density at radius 1 is 0.778 bits per heavy atom. The van der Waals surface area contributed by atoms with Crippen LogP contribution >= 0.6 is 0 Å². The summed E-state index contributed by atoms with van der Waals surface area (Å²) in [4.78, 5) is 0. The van der Waals surface area contributed by atoms with Gasteiger partial charge < -0.3 is 0 Å². The van der Waals surface area contributed by atoms with E-state index in [1.807, 2.05) is 0 Å². The van der Waals surface area contributed by atoms with Crippen molar-refractivity contribution in [1.82, 2.24) is 0 Å². The lowest BCUT2D eigenvalue weighted by molar-refractivity contribution is 0.0335. The summed E-state index contributed by atoms with van der Waals surface area (Å²) in [6, 6.07) is 0. The fraction of sp³-hybridized carbons (Fsp3) is 1.00. The monoisotopic (exact) mass is 252 g/mol. The van der Waals surface area contributed by atoms with Gasteiger partial charge >= 0.3 is 0 Å². The zero-order valence-corrected chi connectivity index (χ0v) is 13.9. The molecule has 0 aromatic heterocycles. The van der Waals surface area contributed by atoms with Crippen molar-refractivity contribution in [2.75, 3.05) is 0 Å². The molecule has 0 amide bonds. The molecule has 0 atom stereocenters. The molecular weight excluding hydrogens is 216 g/mol. The van der Waals surface area contributed by atoms with Crippen molar-refractivity contribution in [2.24, 2.45) is 16.2 Å². The van der Waals surface area contributed by atoms with Gasteiger partial charge in [0, 0.05) is 0 Å². The molecule has 1 saturated carbocycles. The normalized spacial score (nSPS) is 21.0. The summed E-state index contributed by atoms with van der Waals surface area (Å²) >= 11 is 0. The Balaban J connectivity index is 2.39. The van der Waals surface area contributed by atoms with E-state index in [9.17, 15) is 0 Å². The maximum Gasteiger partial charge on any atom is -0.0275 e. The molecule has 1 aliphatic rings. The van der Waals surface area contributed by atoms with Gasteiger partial charge in [0.2, 0.25) is 0 Å². The third-order valence-electron chi connectivity index (χ3n) is 5.57. The Bertz CT molecular complexity index is 235. The first-order valence-corrected chi connectivity index (χ1v) is 8.16. The van der Waals surface area contributed by atoms with Crippen molar-refractivity contribution < 1.29 is 0 Å². The number of hydrogen-bond donors (Lipinski definition) is 0. The van der Waals surface area contributed by atoms with Crippen molar-refractivity contribution in [3.05, 3.63) is 0 Å². The first-order chi connectivity index (χ1) is 8.16. The van der Waals surface area contributed by atoms with Crippen molar-refractivity contribution in [1.29, 1.82) is 0 Å². The van der Waals surface area contributed by atoms with Crippen LogP contribution in [0.15, 0.2) is 0 Å². The van der Waals surface area contributed by atoms with Crippen LogP contribution in [0.1, 0.15) is 99.3 Å². The molecule has 0 nitrogen and oxygen atoms in total. The second kappa shape index (κ2) is 5.97. The highest BCUT2D eigenvalue weighted by Crippen LogP contribution is 2.51. The van der Waals surface area contributed by atoms with E-state index < -0.39 is 0 Å². The molecule has 0 heteroatoms. The van der Waals surface area contributed by atoms with E-state index in [1.54, 1.807) is 0 Å². The minimum atomic E-state index is 0.513. The SMILES string of the molecule is CC(C)(C)CCCCC(C)(C)C1(C)CCCCC1. The summed E-state index contributed by atoms with van der Waals surface area (Å²) < 4.78 is 0. The van der Waals surface area contributed by atoms with Crippen molar-refractivity contribution in [2.45, 2.75) is 99.3 Å². The van der Waals surface area contributed by atoms with E-state index in [4.69, 9.17) is 0 Å². The van der Waals surface area contributed by atoms with Crippen LogP contribution in [0, 0.1) is 16.2 Å². The van der Waals surface area contributed by atoms with Crippen LogP contribution in [0.25, 0.3) is 0 Å². The molecule has 0 aromatic rings. The topological polar surface area (TPSA) is 0 Å². The number of rotatable bonds is 5. The average molecular weight is 252 g/mol. The molecule has 1 rings (SSSR count). The standard InChI is InChI=1S/C18H36/c1-16(2,3)12-10-11-13-17(4,5)18(6)14-8-7-9-15-18/h7-15H2,1-6H3. The number of unbranched alkanes of at least 4 members (excludes halogenated alkanes) is 1. The Hall–Kier alpha value is 0. The molecule has 0 saturated heterocycles. The molecular formula is C18H36. The van der Waals surface area contributed by atoms with Crippen LogP contribution in [-0.2, 0) is 0 Å². The molecule has 0 aromatic carbocycles. The molecule has 0 N–H and O–H groups in total. The van der Waals surface area contributed by atoms with Crippen LogP contribution in [0.4, 0.5) is 0 Å². The Morgan fingerprint density at radius 2 is 1.28 bits per heavy atom. The molecule has 0 heterocycles. The van der Waals surface area contributed by atoms with Crippen LogP contribution in [0.3, 0.4) is 0 Å². The molecule has 0 unspecified atom stereocenters. The van der Waals surface area contributed by atoms with Crippen molar-refractivity contribution in [3.63, 3.8) is 0 Å². The van der Waals surface area contributed by atoms with Gasteiger partial charge in [-0.1, -0.05) is 73.6 Å². The predicted octanol–water partition coefficient (Wildman–Crippen LogP) is 6.59. The van der Waals surface area contributed by atoms with Gasteiger partial charge in [0.15, 0.2) is 0 Å². The van der Waals surface area contributed by atoms with E-state index in [0.717, 1.165) is 0 Å². The van der Waals surface area contributed by atoms with E-state index in [2.05, 4.69) is 41.5 Å². The van der Waals surface area contributed by atoms with Gasteiger partial charge in [0.05, 0.1) is 0 Å². The maximum absolute atomic E-state index is 2.55. The smallest absolute Gasteiger partial charge is 0.0275 e. The lowest BCUT2D eigenvalue weighted by Gasteiger charge is -2.47. The third kappa shape index (κ3) is 4.59. The van der Waals surface area contributed by atoms with Crippen LogP contribution in [0.5, 0.6) is 0 Å². The fourth-order valence-electron chi connectivity index (χ4n) is 3.53. The van der Waals surface area contributed by atoms with E-state index in [-0.39, 0.29) is 0 Å². The van der Waals surface area contributed by atoms with Gasteiger partial charge in [-0.25, -0.2) is 0 Å². The number of hydrogen-bond acceptors (Lipinski definition) is 0. The molecule has 1 fully saturated rings. The van der Waals surface area contributed by atoms with Gasteiger partial charge in [-0.2, -0.15) is 0 Å². The summed E-state index contributed by atoms with van der Waals surface area (Å²) in [6.45, 7) is 14.7. The zero-order valence-electron chi connectivity index (χ0n) is 13.9. The molecule has 0 spiro atoms. The molecule has 0 radical (unpaired) electrons. The van der Waals surface area contributed by atoms with Gasteiger partial charge in [0.25, 0.3) is 0 Å². The summed E-state index contributed by atoms with van der Waals surface area (Å²) in [6.07, 6.45) is 12.9. The highest BCUT2D eigenvalue weighted by atomic mass is 14.5. The third-order valence-corrected chi connectivity index (χ3v) is 5.57. The highest BCUT2D eigenvalue weighted by Gasteiger charge is 2.40. The highest BCUT2D eigenvalue weighted by molar-refractivity contribution is 4.91. The predicted molar refractivity (Wildman–Crippen MR) is 82.9 cm³/mol. The largest absolute Gasteiger partial charge is 0.0602 e. The van der Waals surface area contributed by atoms with Gasteiger partial charge in [-0.05, 0) is 41.9 Å². The molecule has 1 aliphatic carbocycles. The van der Waals surface area contributed by atoms with Crippen LogP contribution in [0.2, 0.25) is 0 Å². The molecule has 0 bridgehead atoms. The van der Waals surface area contributed by atoms with Crippen LogP contribution in [-0.4, -0.2) is 0 Å². The van der Waals surface area contributed by atoms with Crippen LogP contribution < -0.4 is 0 Å². The minimum absolute atomic E-state index is 0.513. The Kier molecular flexibility index (Phi) is 5.32. The van der Waals surface area contributed by atoms with E-state index >= 15 is 0 Å². The lowest BCUT2D eigenvalue weighted by atomic mass is 9.58. The Labute approximate surface area is 116 Å². The molecule has 0 aliphatic heterocycles. The van der Waals surface area contributed by atoms with Gasteiger partial charge in [0.1, 0.15) is 0 Å². The van der Waals surface area contributed by atoms with E-state index in [1.165, 1.54) is 57.8 Å². The molecule has 18 heavy (non-hydrogen) atoms. The second-order valence-electron chi connectivity index (χ2n) is 8.77. The minimum Gasteiger partial charge on any atom is -0.0602 e. The lowest BCUT2D eigenvalue weighted by Crippen LogP contribution is -2.37. The Morgan fingerprint density at radius 3 is 1.78 bits per heavy atom. The maximum atomic E-state index is 2.55. The quantitative estimate of drug-likeness (QED) is 0.484. The average Bonchev–Trinajstić information content (AvgIpc) is 2.24. The summed E-state index contributed by atoms with van der Waals surface area (Å²) in [5, 5.41) is 0.